The predicted octanol–water partition coefficient (Wildman–Crippen LogP) is 3.76. The number of aliphatic carboxylic acids is 1. The van der Waals surface area contributed by atoms with Crippen molar-refractivity contribution in [1.82, 2.24) is 10.4 Å². The van der Waals surface area contributed by atoms with E-state index in [2.05, 4.69) is 31.4 Å². The smallest absolute Gasteiger partial charge is 0.305 e. The molecule has 0 amide bonds. The van der Waals surface area contributed by atoms with Gasteiger partial charge in [0.15, 0.2) is 0 Å². The molecule has 0 radical (unpaired) electrons. The Labute approximate surface area is 188 Å². The number of rotatable bonds is 8. The zero-order valence-electron chi connectivity index (χ0n) is 18.8. The van der Waals surface area contributed by atoms with E-state index in [4.69, 9.17) is 5.11 Å². The third kappa shape index (κ3) is 5.11. The lowest BCUT2D eigenvalue weighted by atomic mass is 9.94. The van der Waals surface area contributed by atoms with Crippen LogP contribution in [0.3, 0.4) is 0 Å². The van der Waals surface area contributed by atoms with E-state index in [0.717, 1.165) is 28.1 Å². The van der Waals surface area contributed by atoms with E-state index in [9.17, 15) is 19.4 Å². The molecule has 3 atom stereocenters. The molecule has 6 nitrogen and oxygen atoms in total. The SMILES string of the molecule is CC1=CC(C)(/C=C/C(O)CC(O)CC(=O)O)N2NC(c3ccc(F)cc3)=CC(C(C)C)=C12. The predicted molar refractivity (Wildman–Crippen MR) is 121 cm³/mol. The Morgan fingerprint density at radius 3 is 2.50 bits per heavy atom. The molecule has 0 spiro atoms. The minimum absolute atomic E-state index is 0.0598. The van der Waals surface area contributed by atoms with E-state index in [-0.39, 0.29) is 18.2 Å². The average molecular weight is 443 g/mol. The minimum atomic E-state index is -1.12. The van der Waals surface area contributed by atoms with E-state index >= 15 is 0 Å². The second-order valence-corrected chi connectivity index (χ2v) is 8.94. The highest BCUT2D eigenvalue weighted by molar-refractivity contribution is 5.70. The third-order valence-corrected chi connectivity index (χ3v) is 5.75. The molecule has 2 aliphatic rings. The number of aliphatic hydroxyl groups is 2. The van der Waals surface area contributed by atoms with E-state index in [0.29, 0.717) is 0 Å². The summed E-state index contributed by atoms with van der Waals surface area (Å²) in [5, 5.41) is 30.9. The number of aliphatic hydroxyl groups excluding tert-OH is 2. The fourth-order valence-corrected chi connectivity index (χ4v) is 4.19. The first-order valence-corrected chi connectivity index (χ1v) is 10.8. The summed E-state index contributed by atoms with van der Waals surface area (Å²) in [6.45, 7) is 8.28. The van der Waals surface area contributed by atoms with Gasteiger partial charge in [0.1, 0.15) is 5.82 Å². The Morgan fingerprint density at radius 2 is 1.91 bits per heavy atom. The van der Waals surface area contributed by atoms with Gasteiger partial charge in [-0.1, -0.05) is 26.0 Å². The lowest BCUT2D eigenvalue weighted by molar-refractivity contribution is -0.139. The summed E-state index contributed by atoms with van der Waals surface area (Å²) >= 11 is 0. The highest BCUT2D eigenvalue weighted by atomic mass is 19.1. The standard InChI is InChI=1S/C25H31FN2O4/c1-15(2)21-13-22(17-5-7-18(26)8-6-17)27-28-24(21)16(3)14-25(28,4)10-9-19(29)11-20(30)12-23(31)32/h5-10,13-15,19-20,27,29-30H,11-12H2,1-4H3,(H,31,32)/b10-9+. The van der Waals surface area contributed by atoms with E-state index in [1.807, 2.05) is 24.9 Å². The molecule has 4 N–H and O–H groups in total. The summed E-state index contributed by atoms with van der Waals surface area (Å²) in [4.78, 5) is 10.7. The van der Waals surface area contributed by atoms with Gasteiger partial charge >= 0.3 is 5.97 Å². The van der Waals surface area contributed by atoms with Gasteiger partial charge < -0.3 is 15.3 Å². The van der Waals surface area contributed by atoms with Gasteiger partial charge in [-0.3, -0.25) is 15.2 Å². The van der Waals surface area contributed by atoms with Crippen LogP contribution in [-0.2, 0) is 4.79 Å². The van der Waals surface area contributed by atoms with Gasteiger partial charge in [0, 0.05) is 6.42 Å². The summed E-state index contributed by atoms with van der Waals surface area (Å²) in [5.41, 5.74) is 7.82. The topological polar surface area (TPSA) is 93.0 Å². The molecule has 3 rings (SSSR count). The minimum Gasteiger partial charge on any atom is -0.481 e. The van der Waals surface area contributed by atoms with Crippen LogP contribution in [0.25, 0.3) is 5.70 Å². The van der Waals surface area contributed by atoms with Gasteiger partial charge in [-0.2, -0.15) is 0 Å². The molecular weight excluding hydrogens is 411 g/mol. The highest BCUT2D eigenvalue weighted by Crippen LogP contribution is 2.42. The summed E-state index contributed by atoms with van der Waals surface area (Å²) in [6.07, 6.45) is 5.05. The van der Waals surface area contributed by atoms with Crippen LogP contribution >= 0.6 is 0 Å². The van der Waals surface area contributed by atoms with Crippen LogP contribution < -0.4 is 5.43 Å². The number of nitrogens with zero attached hydrogens (tertiary/aromatic N) is 1. The number of nitrogens with one attached hydrogen (secondary N) is 1. The van der Waals surface area contributed by atoms with Crippen LogP contribution in [0.4, 0.5) is 4.39 Å². The van der Waals surface area contributed by atoms with Crippen molar-refractivity contribution in [2.75, 3.05) is 0 Å². The fourth-order valence-electron chi connectivity index (χ4n) is 4.19. The summed E-state index contributed by atoms with van der Waals surface area (Å²) in [7, 11) is 0. The fraction of sp³-hybridized carbons (Fsp3) is 0.400. The number of fused-ring (bicyclic) bond motifs is 1. The van der Waals surface area contributed by atoms with Crippen molar-refractivity contribution in [1.29, 1.82) is 0 Å². The normalized spacial score (nSPS) is 22.6. The molecule has 0 bridgehead atoms. The van der Waals surface area contributed by atoms with Crippen molar-refractivity contribution in [3.05, 3.63) is 76.8 Å². The molecule has 7 heteroatoms. The lowest BCUT2D eigenvalue weighted by Crippen LogP contribution is -2.49. The van der Waals surface area contributed by atoms with Gasteiger partial charge in [0.25, 0.3) is 0 Å². The molecular formula is C25H31FN2O4. The maximum Gasteiger partial charge on any atom is 0.305 e. The second kappa shape index (κ2) is 9.30. The monoisotopic (exact) mass is 442 g/mol. The molecule has 2 heterocycles. The van der Waals surface area contributed by atoms with Gasteiger partial charge in [0.2, 0.25) is 0 Å². The second-order valence-electron chi connectivity index (χ2n) is 8.94. The van der Waals surface area contributed by atoms with Crippen LogP contribution in [0.2, 0.25) is 0 Å². The van der Waals surface area contributed by atoms with Crippen LogP contribution in [-0.4, -0.2) is 44.0 Å². The average Bonchev–Trinajstić information content (AvgIpc) is 2.96. The maximum atomic E-state index is 13.4. The van der Waals surface area contributed by atoms with Crippen molar-refractivity contribution in [2.24, 2.45) is 5.92 Å². The largest absolute Gasteiger partial charge is 0.481 e. The Bertz CT molecular complexity index is 994. The molecule has 2 aliphatic heterocycles. The van der Waals surface area contributed by atoms with Gasteiger partial charge in [-0.25, -0.2) is 4.39 Å². The van der Waals surface area contributed by atoms with Crippen LogP contribution in [0.5, 0.6) is 0 Å². The molecule has 0 aliphatic carbocycles. The number of hydrogen-bond acceptors (Lipinski definition) is 5. The van der Waals surface area contributed by atoms with E-state index in [1.54, 1.807) is 18.2 Å². The summed E-state index contributed by atoms with van der Waals surface area (Å²) < 4.78 is 13.4. The number of carbonyl (C=O) groups is 1. The summed E-state index contributed by atoms with van der Waals surface area (Å²) in [6, 6.07) is 6.32. The lowest BCUT2D eigenvalue weighted by Gasteiger charge is -2.41. The van der Waals surface area contributed by atoms with Crippen molar-refractivity contribution >= 4 is 11.7 Å². The molecule has 0 saturated carbocycles. The Balaban J connectivity index is 1.90. The first-order chi connectivity index (χ1) is 15.0. The summed E-state index contributed by atoms with van der Waals surface area (Å²) in [5.74, 6) is -1.16. The number of hydrazine groups is 1. The zero-order chi connectivity index (χ0) is 23.6. The Morgan fingerprint density at radius 1 is 1.25 bits per heavy atom. The van der Waals surface area contributed by atoms with Crippen molar-refractivity contribution in [2.45, 2.75) is 58.3 Å². The first kappa shape index (κ1) is 23.8. The first-order valence-electron chi connectivity index (χ1n) is 10.8. The number of allylic oxidation sites excluding steroid dienone is 3. The Hall–Kier alpha value is -2.90. The van der Waals surface area contributed by atoms with Crippen LogP contribution in [0.1, 0.15) is 46.1 Å². The van der Waals surface area contributed by atoms with Gasteiger partial charge in [0.05, 0.1) is 35.6 Å². The molecule has 172 valence electrons. The van der Waals surface area contributed by atoms with Crippen LogP contribution in [0.15, 0.2) is 65.4 Å². The number of hydrogen-bond donors (Lipinski definition) is 4. The third-order valence-electron chi connectivity index (χ3n) is 5.75. The van der Waals surface area contributed by atoms with E-state index in [1.165, 1.54) is 12.1 Å². The highest BCUT2D eigenvalue weighted by Gasteiger charge is 2.40. The molecule has 3 unspecified atom stereocenters. The molecule has 1 aromatic carbocycles. The van der Waals surface area contributed by atoms with Crippen molar-refractivity contribution in [3.63, 3.8) is 0 Å². The quantitative estimate of drug-likeness (QED) is 0.458. The zero-order valence-corrected chi connectivity index (χ0v) is 18.8. The van der Waals surface area contributed by atoms with E-state index < -0.39 is 30.1 Å². The number of benzene rings is 1. The van der Waals surface area contributed by atoms with Crippen LogP contribution in [0, 0.1) is 11.7 Å². The Kier molecular flexibility index (Phi) is 6.91. The van der Waals surface area contributed by atoms with Crippen molar-refractivity contribution in [3.8, 4) is 0 Å². The van der Waals surface area contributed by atoms with Crippen molar-refractivity contribution < 1.29 is 24.5 Å². The molecule has 0 aromatic heterocycles. The van der Waals surface area contributed by atoms with Gasteiger partial charge in [-0.15, -0.1) is 0 Å². The number of carboxylic acid groups (broad SMARTS) is 1. The molecule has 0 fully saturated rings. The number of halogens is 1. The number of carboxylic acids is 1. The molecule has 0 saturated heterocycles. The maximum absolute atomic E-state index is 13.4. The van der Waals surface area contributed by atoms with Gasteiger partial charge in [-0.05, 0) is 72.9 Å². The molecule has 32 heavy (non-hydrogen) atoms. The molecule has 1 aromatic rings.